The third kappa shape index (κ3) is 3.05. The molecular formula is C12H18ClN3O2. The van der Waals surface area contributed by atoms with Crippen LogP contribution in [0.25, 0.3) is 0 Å². The van der Waals surface area contributed by atoms with Crippen molar-refractivity contribution in [3.63, 3.8) is 0 Å². The van der Waals surface area contributed by atoms with Crippen molar-refractivity contribution >= 4 is 29.7 Å². The summed E-state index contributed by atoms with van der Waals surface area (Å²) in [7, 11) is 2.00. The molecule has 1 atom stereocenters. The molecule has 1 aromatic carbocycles. The number of hydrogen-bond acceptors (Lipinski definition) is 4. The molecule has 6 heteroatoms. The summed E-state index contributed by atoms with van der Waals surface area (Å²) < 4.78 is 5.52. The number of hydrogen-bond donors (Lipinski definition) is 2. The lowest BCUT2D eigenvalue weighted by molar-refractivity contribution is -0.117. The van der Waals surface area contributed by atoms with Crippen molar-refractivity contribution < 1.29 is 9.53 Å². The van der Waals surface area contributed by atoms with E-state index >= 15 is 0 Å². The van der Waals surface area contributed by atoms with Crippen LogP contribution in [-0.4, -0.2) is 32.1 Å². The van der Waals surface area contributed by atoms with Crippen LogP contribution in [0.2, 0.25) is 0 Å². The summed E-state index contributed by atoms with van der Waals surface area (Å²) in [5, 5.41) is 2.77. The van der Waals surface area contributed by atoms with Gasteiger partial charge in [0.1, 0.15) is 12.4 Å². The van der Waals surface area contributed by atoms with Crippen LogP contribution in [0.15, 0.2) is 18.2 Å². The summed E-state index contributed by atoms with van der Waals surface area (Å²) >= 11 is 0. The van der Waals surface area contributed by atoms with Gasteiger partial charge in [0.25, 0.3) is 0 Å². The standard InChI is InChI=1S/C12H17N3O2.ClH/c1-8(13)12(16)14-9-3-4-11-10(7-9)15(2)5-6-17-11;/h3-4,7-8H,5-6,13H2,1-2H3,(H,14,16);1H. The zero-order valence-electron chi connectivity index (χ0n) is 10.5. The van der Waals surface area contributed by atoms with Crippen LogP contribution in [0.5, 0.6) is 5.75 Å². The number of fused-ring (bicyclic) bond motifs is 1. The molecule has 0 saturated heterocycles. The highest BCUT2D eigenvalue weighted by atomic mass is 35.5. The zero-order valence-corrected chi connectivity index (χ0v) is 11.3. The highest BCUT2D eigenvalue weighted by molar-refractivity contribution is 5.95. The highest BCUT2D eigenvalue weighted by Gasteiger charge is 2.16. The van der Waals surface area contributed by atoms with E-state index in [1.807, 2.05) is 25.2 Å². The van der Waals surface area contributed by atoms with Crippen molar-refractivity contribution in [2.75, 3.05) is 30.4 Å². The predicted octanol–water partition coefficient (Wildman–Crippen LogP) is 1.22. The number of benzene rings is 1. The second kappa shape index (κ2) is 5.93. The number of likely N-dealkylation sites (N-methyl/N-ethyl adjacent to an activating group) is 1. The fourth-order valence-electron chi connectivity index (χ4n) is 1.68. The molecule has 1 aliphatic rings. The molecule has 0 spiro atoms. The Bertz CT molecular complexity index is 437. The topological polar surface area (TPSA) is 67.6 Å². The third-order valence-electron chi connectivity index (χ3n) is 2.74. The number of carbonyl (C=O) groups is 1. The maximum Gasteiger partial charge on any atom is 0.240 e. The van der Waals surface area contributed by atoms with Crippen molar-refractivity contribution in [3.05, 3.63) is 18.2 Å². The first-order chi connectivity index (χ1) is 8.08. The van der Waals surface area contributed by atoms with Gasteiger partial charge < -0.3 is 20.7 Å². The van der Waals surface area contributed by atoms with Crippen LogP contribution in [-0.2, 0) is 4.79 Å². The lowest BCUT2D eigenvalue weighted by Gasteiger charge is -2.28. The summed E-state index contributed by atoms with van der Waals surface area (Å²) in [4.78, 5) is 13.6. The van der Waals surface area contributed by atoms with E-state index < -0.39 is 6.04 Å². The monoisotopic (exact) mass is 271 g/mol. The molecule has 0 bridgehead atoms. The predicted molar refractivity (Wildman–Crippen MR) is 74.7 cm³/mol. The van der Waals surface area contributed by atoms with E-state index in [0.717, 1.165) is 23.7 Å². The van der Waals surface area contributed by atoms with E-state index in [4.69, 9.17) is 10.5 Å². The Kier molecular flexibility index (Phi) is 4.81. The molecule has 0 saturated carbocycles. The van der Waals surface area contributed by atoms with Crippen LogP contribution in [0, 0.1) is 0 Å². The number of rotatable bonds is 2. The summed E-state index contributed by atoms with van der Waals surface area (Å²) in [6, 6.07) is 5.06. The van der Waals surface area contributed by atoms with Gasteiger partial charge in [-0.15, -0.1) is 12.4 Å². The first kappa shape index (κ1) is 14.6. The van der Waals surface area contributed by atoms with E-state index in [1.165, 1.54) is 0 Å². The van der Waals surface area contributed by atoms with Crippen molar-refractivity contribution in [1.82, 2.24) is 0 Å². The van der Waals surface area contributed by atoms with Crippen molar-refractivity contribution in [3.8, 4) is 5.75 Å². The van der Waals surface area contributed by atoms with Gasteiger partial charge in [0.15, 0.2) is 0 Å². The van der Waals surface area contributed by atoms with Gasteiger partial charge in [-0.05, 0) is 25.1 Å². The molecule has 3 N–H and O–H groups in total. The fourth-order valence-corrected chi connectivity index (χ4v) is 1.68. The van der Waals surface area contributed by atoms with E-state index in [9.17, 15) is 4.79 Å². The Hall–Kier alpha value is -1.46. The van der Waals surface area contributed by atoms with Crippen molar-refractivity contribution in [1.29, 1.82) is 0 Å². The first-order valence-electron chi connectivity index (χ1n) is 5.62. The molecule has 5 nitrogen and oxygen atoms in total. The number of carbonyl (C=O) groups excluding carboxylic acids is 1. The second-order valence-electron chi connectivity index (χ2n) is 4.23. The van der Waals surface area contributed by atoms with Gasteiger partial charge in [-0.25, -0.2) is 0 Å². The number of anilines is 2. The smallest absolute Gasteiger partial charge is 0.240 e. The van der Waals surface area contributed by atoms with Gasteiger partial charge in [-0.3, -0.25) is 4.79 Å². The van der Waals surface area contributed by atoms with Gasteiger partial charge in [-0.1, -0.05) is 0 Å². The van der Waals surface area contributed by atoms with Crippen LogP contribution in [0.3, 0.4) is 0 Å². The quantitative estimate of drug-likeness (QED) is 0.849. The molecule has 1 aliphatic heterocycles. The van der Waals surface area contributed by atoms with Crippen LogP contribution < -0.4 is 20.7 Å². The summed E-state index contributed by atoms with van der Waals surface area (Å²) in [5.74, 6) is 0.655. The van der Waals surface area contributed by atoms with Crippen molar-refractivity contribution in [2.45, 2.75) is 13.0 Å². The lowest BCUT2D eigenvalue weighted by atomic mass is 10.2. The van der Waals surface area contributed by atoms with Gasteiger partial charge in [-0.2, -0.15) is 0 Å². The molecule has 0 fully saturated rings. The molecule has 100 valence electrons. The Labute approximate surface area is 113 Å². The summed E-state index contributed by atoms with van der Waals surface area (Å²) in [6.07, 6.45) is 0. The lowest BCUT2D eigenvalue weighted by Crippen LogP contribution is -2.33. The average Bonchev–Trinajstić information content (AvgIpc) is 2.30. The third-order valence-corrected chi connectivity index (χ3v) is 2.74. The average molecular weight is 272 g/mol. The largest absolute Gasteiger partial charge is 0.490 e. The molecule has 1 unspecified atom stereocenters. The number of amides is 1. The molecule has 0 aromatic heterocycles. The Balaban J connectivity index is 0.00000162. The Morgan fingerprint density at radius 1 is 1.56 bits per heavy atom. The fraction of sp³-hybridized carbons (Fsp3) is 0.417. The Morgan fingerprint density at radius 2 is 2.28 bits per heavy atom. The number of ether oxygens (including phenoxy) is 1. The maximum atomic E-state index is 11.5. The van der Waals surface area contributed by atoms with Crippen LogP contribution >= 0.6 is 12.4 Å². The molecule has 0 aliphatic carbocycles. The normalized spacial score (nSPS) is 14.9. The molecule has 1 amide bonds. The van der Waals surface area contributed by atoms with Crippen LogP contribution in [0.4, 0.5) is 11.4 Å². The minimum Gasteiger partial charge on any atom is -0.490 e. The maximum absolute atomic E-state index is 11.5. The number of nitrogens with zero attached hydrogens (tertiary/aromatic N) is 1. The van der Waals surface area contributed by atoms with E-state index in [1.54, 1.807) is 6.92 Å². The second-order valence-corrected chi connectivity index (χ2v) is 4.23. The molecule has 0 radical (unpaired) electrons. The van der Waals surface area contributed by atoms with Gasteiger partial charge in [0.05, 0.1) is 18.3 Å². The number of nitrogens with two attached hydrogens (primary N) is 1. The van der Waals surface area contributed by atoms with Gasteiger partial charge >= 0.3 is 0 Å². The van der Waals surface area contributed by atoms with Gasteiger partial charge in [0.2, 0.25) is 5.91 Å². The number of halogens is 1. The van der Waals surface area contributed by atoms with Gasteiger partial charge in [0, 0.05) is 12.7 Å². The first-order valence-corrected chi connectivity index (χ1v) is 5.62. The highest BCUT2D eigenvalue weighted by Crippen LogP contribution is 2.33. The summed E-state index contributed by atoms with van der Waals surface area (Å²) in [6.45, 7) is 3.19. The molecular weight excluding hydrogens is 254 g/mol. The van der Waals surface area contributed by atoms with Crippen molar-refractivity contribution in [2.24, 2.45) is 5.73 Å². The van der Waals surface area contributed by atoms with E-state index in [2.05, 4.69) is 10.2 Å². The van der Waals surface area contributed by atoms with E-state index in [-0.39, 0.29) is 18.3 Å². The summed E-state index contributed by atoms with van der Waals surface area (Å²) in [5.41, 5.74) is 7.23. The minimum atomic E-state index is -0.514. The Morgan fingerprint density at radius 3 is 2.94 bits per heavy atom. The molecule has 1 heterocycles. The molecule has 18 heavy (non-hydrogen) atoms. The SMILES string of the molecule is CC(N)C(=O)Nc1ccc2c(c1)N(C)CCO2.Cl. The molecule has 1 aromatic rings. The molecule has 2 rings (SSSR count). The van der Waals surface area contributed by atoms with Crippen LogP contribution in [0.1, 0.15) is 6.92 Å². The zero-order chi connectivity index (χ0) is 12.4. The minimum absolute atomic E-state index is 0. The number of nitrogens with one attached hydrogen (secondary N) is 1. The van der Waals surface area contributed by atoms with E-state index in [0.29, 0.717) is 6.61 Å².